The van der Waals surface area contributed by atoms with Crippen LogP contribution in [0.5, 0.6) is 5.75 Å². The van der Waals surface area contributed by atoms with E-state index in [0.717, 1.165) is 0 Å². The first-order valence-electron chi connectivity index (χ1n) is 11.3. The van der Waals surface area contributed by atoms with E-state index in [-0.39, 0.29) is 28.3 Å². The van der Waals surface area contributed by atoms with E-state index in [9.17, 15) is 28.2 Å². The number of Topliss-reactive ketones (excluding diaryl/α,β-unsaturated/α-hetero) is 1. The molecule has 1 aliphatic heterocycles. The Morgan fingerprint density at radius 3 is 2.17 bits per heavy atom. The number of hydrogen-bond donors (Lipinski definition) is 2. The number of nitrogens with zero attached hydrogens (tertiary/aromatic N) is 2. The normalized spacial score (nSPS) is 17.9. The van der Waals surface area contributed by atoms with Crippen molar-refractivity contribution >= 4 is 27.5 Å². The van der Waals surface area contributed by atoms with Crippen LogP contribution in [0.3, 0.4) is 0 Å². The van der Waals surface area contributed by atoms with E-state index in [4.69, 9.17) is 4.74 Å². The van der Waals surface area contributed by atoms with Gasteiger partial charge in [-0.25, -0.2) is 8.42 Å². The summed E-state index contributed by atoms with van der Waals surface area (Å²) >= 11 is 0. The van der Waals surface area contributed by atoms with Gasteiger partial charge in [0, 0.05) is 38.9 Å². The Kier molecular flexibility index (Phi) is 8.31. The first kappa shape index (κ1) is 26.4. The van der Waals surface area contributed by atoms with Crippen molar-refractivity contribution in [3.63, 3.8) is 0 Å². The molecule has 2 N–H and O–H groups in total. The summed E-state index contributed by atoms with van der Waals surface area (Å²) in [5, 5.41) is 20.8. The van der Waals surface area contributed by atoms with Gasteiger partial charge in [-0.2, -0.15) is 4.31 Å². The number of carbonyl (C=O) groups is 2. The number of likely N-dealkylation sites (tertiary alicyclic amines) is 1. The fourth-order valence-corrected chi connectivity index (χ4v) is 5.60. The average Bonchev–Trinajstić information content (AvgIpc) is 3.10. The van der Waals surface area contributed by atoms with E-state index in [1.807, 2.05) is 0 Å². The fraction of sp³-hybridized carbons (Fsp3) is 0.360. The number of rotatable bonds is 10. The second kappa shape index (κ2) is 11.0. The molecule has 0 spiro atoms. The number of hydrogen-bond acceptors (Lipinski definition) is 7. The molecule has 0 saturated carbocycles. The van der Waals surface area contributed by atoms with Crippen LogP contribution in [0.1, 0.15) is 37.4 Å². The second-order valence-corrected chi connectivity index (χ2v) is 9.98. The molecule has 1 heterocycles. The van der Waals surface area contributed by atoms with E-state index >= 15 is 0 Å². The van der Waals surface area contributed by atoms with Crippen LogP contribution in [0.4, 0.5) is 0 Å². The fourth-order valence-electron chi connectivity index (χ4n) is 4.15. The van der Waals surface area contributed by atoms with Gasteiger partial charge in [-0.05, 0) is 48.4 Å². The topological polar surface area (TPSA) is 124 Å². The van der Waals surface area contributed by atoms with Crippen molar-refractivity contribution in [3.05, 3.63) is 65.2 Å². The number of methoxy groups -OCH3 is 1. The van der Waals surface area contributed by atoms with Gasteiger partial charge in [0.15, 0.2) is 0 Å². The number of phenolic OH excluding ortho intramolecular Hbond substituents is 1. The molecular formula is C25H30N2O7S. The third-order valence-electron chi connectivity index (χ3n) is 5.97. The molecule has 0 radical (unpaired) electrons. The molecule has 0 bridgehead atoms. The van der Waals surface area contributed by atoms with Crippen molar-refractivity contribution in [2.24, 2.45) is 0 Å². The summed E-state index contributed by atoms with van der Waals surface area (Å²) in [5.74, 6) is -1.96. The smallest absolute Gasteiger partial charge is 0.295 e. The molecule has 0 aromatic heterocycles. The minimum Gasteiger partial charge on any atom is -0.508 e. The van der Waals surface area contributed by atoms with Crippen molar-refractivity contribution in [3.8, 4) is 5.75 Å². The Bertz CT molecular complexity index is 1200. The molecule has 1 saturated heterocycles. The SMILES string of the molecule is CCN(CC)S(=O)(=O)c1ccc(/C(O)=C2/C(=O)C(=O)N(CCCOC)C2c2ccc(O)cc2)cc1. The van der Waals surface area contributed by atoms with Gasteiger partial charge in [0.25, 0.3) is 11.7 Å². The highest BCUT2D eigenvalue weighted by atomic mass is 32.2. The van der Waals surface area contributed by atoms with Crippen molar-refractivity contribution in [2.75, 3.05) is 33.4 Å². The zero-order valence-corrected chi connectivity index (χ0v) is 20.8. The molecule has 1 amide bonds. The quantitative estimate of drug-likeness (QED) is 0.222. The molecule has 1 fully saturated rings. The molecule has 2 aromatic carbocycles. The third kappa shape index (κ3) is 5.24. The first-order valence-corrected chi connectivity index (χ1v) is 12.8. The van der Waals surface area contributed by atoms with Crippen LogP contribution in [0, 0.1) is 0 Å². The van der Waals surface area contributed by atoms with Gasteiger partial charge in [0.1, 0.15) is 11.5 Å². The number of benzene rings is 2. The van der Waals surface area contributed by atoms with Crippen molar-refractivity contribution < 1.29 is 33.0 Å². The summed E-state index contributed by atoms with van der Waals surface area (Å²) in [6.45, 7) is 4.74. The number of aliphatic hydroxyl groups excluding tert-OH is 1. The number of amides is 1. The molecule has 3 rings (SSSR count). The van der Waals surface area contributed by atoms with Crippen LogP contribution in [-0.2, 0) is 24.3 Å². The van der Waals surface area contributed by atoms with Gasteiger partial charge in [-0.15, -0.1) is 0 Å². The number of carbonyl (C=O) groups excluding carboxylic acids is 2. The van der Waals surface area contributed by atoms with Crippen LogP contribution in [-0.4, -0.2) is 72.9 Å². The Morgan fingerprint density at radius 1 is 1.03 bits per heavy atom. The number of aromatic hydroxyl groups is 1. The Labute approximate surface area is 205 Å². The standard InChI is InChI=1S/C25H30N2O7S/c1-4-26(5-2)35(32,33)20-13-9-18(10-14-20)23(29)21-22(17-7-11-19(28)12-8-17)27(15-6-16-34-3)25(31)24(21)30/h7-14,22,28-29H,4-6,15-16H2,1-3H3/b23-21-. The van der Waals surface area contributed by atoms with E-state index in [0.29, 0.717) is 31.7 Å². The summed E-state index contributed by atoms with van der Waals surface area (Å²) in [7, 11) is -2.15. The van der Waals surface area contributed by atoms with E-state index in [2.05, 4.69) is 0 Å². The number of sulfonamides is 1. The zero-order chi connectivity index (χ0) is 25.8. The maximum atomic E-state index is 13.0. The highest BCUT2D eigenvalue weighted by Crippen LogP contribution is 2.40. The van der Waals surface area contributed by atoms with E-state index in [1.165, 1.54) is 52.7 Å². The molecule has 188 valence electrons. The number of ether oxygens (including phenoxy) is 1. The van der Waals surface area contributed by atoms with Crippen molar-refractivity contribution in [2.45, 2.75) is 31.2 Å². The summed E-state index contributed by atoms with van der Waals surface area (Å²) in [6, 6.07) is 10.8. The number of aliphatic hydroxyl groups is 1. The highest BCUT2D eigenvalue weighted by Gasteiger charge is 2.45. The van der Waals surface area contributed by atoms with Crippen LogP contribution in [0.2, 0.25) is 0 Å². The van der Waals surface area contributed by atoms with E-state index < -0.39 is 33.5 Å². The van der Waals surface area contributed by atoms with Crippen LogP contribution in [0.25, 0.3) is 5.76 Å². The molecule has 1 atom stereocenters. The average molecular weight is 503 g/mol. The van der Waals surface area contributed by atoms with Gasteiger partial charge in [-0.3, -0.25) is 9.59 Å². The lowest BCUT2D eigenvalue weighted by atomic mass is 9.95. The Hall–Kier alpha value is -3.21. The largest absolute Gasteiger partial charge is 0.508 e. The maximum Gasteiger partial charge on any atom is 0.295 e. The van der Waals surface area contributed by atoms with Crippen molar-refractivity contribution in [1.82, 2.24) is 9.21 Å². The highest BCUT2D eigenvalue weighted by molar-refractivity contribution is 7.89. The maximum absolute atomic E-state index is 13.0. The minimum atomic E-state index is -3.69. The van der Waals surface area contributed by atoms with Gasteiger partial charge in [-0.1, -0.05) is 26.0 Å². The van der Waals surface area contributed by atoms with Gasteiger partial charge in [0.05, 0.1) is 16.5 Å². The zero-order valence-electron chi connectivity index (χ0n) is 20.0. The summed E-state index contributed by atoms with van der Waals surface area (Å²) < 4.78 is 31.9. The molecule has 9 nitrogen and oxygen atoms in total. The lowest BCUT2D eigenvalue weighted by Gasteiger charge is -2.25. The van der Waals surface area contributed by atoms with Crippen molar-refractivity contribution in [1.29, 1.82) is 0 Å². The number of phenols is 1. The van der Waals surface area contributed by atoms with Crippen LogP contribution < -0.4 is 0 Å². The Balaban J connectivity index is 2.07. The van der Waals surface area contributed by atoms with Gasteiger partial charge in [0.2, 0.25) is 10.0 Å². The van der Waals surface area contributed by atoms with E-state index in [1.54, 1.807) is 26.0 Å². The molecule has 2 aromatic rings. The predicted molar refractivity (Wildman–Crippen MR) is 130 cm³/mol. The van der Waals surface area contributed by atoms with Gasteiger partial charge >= 0.3 is 0 Å². The summed E-state index contributed by atoms with van der Waals surface area (Å²) in [5.41, 5.74) is 0.654. The van der Waals surface area contributed by atoms with Crippen LogP contribution in [0.15, 0.2) is 59.0 Å². The van der Waals surface area contributed by atoms with Gasteiger partial charge < -0.3 is 19.8 Å². The molecular weight excluding hydrogens is 472 g/mol. The Morgan fingerprint density at radius 2 is 1.63 bits per heavy atom. The second-order valence-electron chi connectivity index (χ2n) is 8.04. The monoisotopic (exact) mass is 502 g/mol. The van der Waals surface area contributed by atoms with Crippen LogP contribution >= 0.6 is 0 Å². The number of ketones is 1. The third-order valence-corrected chi connectivity index (χ3v) is 8.03. The minimum absolute atomic E-state index is 0.0232. The molecule has 1 unspecified atom stereocenters. The molecule has 10 heteroatoms. The first-order chi connectivity index (χ1) is 16.7. The summed E-state index contributed by atoms with van der Waals surface area (Å²) in [6.07, 6.45) is 0.482. The molecule has 35 heavy (non-hydrogen) atoms. The molecule has 1 aliphatic rings. The summed E-state index contributed by atoms with van der Waals surface area (Å²) in [4.78, 5) is 27.3. The molecule has 0 aliphatic carbocycles. The predicted octanol–water partition coefficient (Wildman–Crippen LogP) is 2.88. The lowest BCUT2D eigenvalue weighted by molar-refractivity contribution is -0.140. The lowest BCUT2D eigenvalue weighted by Crippen LogP contribution is -2.31.